The first kappa shape index (κ1) is 19.8. The highest BCUT2D eigenvalue weighted by molar-refractivity contribution is 7.54. The van der Waals surface area contributed by atoms with Gasteiger partial charge in [-0.1, -0.05) is 41.7 Å². The minimum atomic E-state index is -3.44. The molecule has 1 N–H and O–H groups in total. The number of ether oxygens (including phenoxy) is 1. The number of hydrogen-bond donors (Lipinski definition) is 1. The normalized spacial score (nSPS) is 12.9. The van der Waals surface area contributed by atoms with E-state index in [2.05, 4.69) is 10.3 Å². The summed E-state index contributed by atoms with van der Waals surface area (Å²) in [4.78, 5) is 4.62. The Labute approximate surface area is 163 Å². The van der Waals surface area contributed by atoms with Crippen LogP contribution in [0.2, 0.25) is 0 Å². The van der Waals surface area contributed by atoms with Crippen molar-refractivity contribution in [3.63, 3.8) is 0 Å². The van der Waals surface area contributed by atoms with Gasteiger partial charge in [0.15, 0.2) is 10.9 Å². The molecular formula is C19H23N2O4PS. The molecule has 0 aliphatic carbocycles. The molecule has 0 aliphatic rings. The fourth-order valence-corrected chi connectivity index (χ4v) is 5.61. The van der Waals surface area contributed by atoms with Gasteiger partial charge in [0, 0.05) is 6.07 Å². The molecule has 0 radical (unpaired) electrons. The lowest BCUT2D eigenvalue weighted by Crippen LogP contribution is -2.15. The van der Waals surface area contributed by atoms with Gasteiger partial charge in [-0.05, 0) is 31.5 Å². The van der Waals surface area contributed by atoms with E-state index in [0.717, 1.165) is 21.5 Å². The smallest absolute Gasteiger partial charge is 0.357 e. The molecule has 1 aromatic heterocycles. The molecule has 0 saturated heterocycles. The van der Waals surface area contributed by atoms with Gasteiger partial charge in [0.05, 0.1) is 30.5 Å². The Bertz CT molecular complexity index is 922. The first-order valence-electron chi connectivity index (χ1n) is 8.74. The van der Waals surface area contributed by atoms with Gasteiger partial charge in [-0.15, -0.1) is 0 Å². The van der Waals surface area contributed by atoms with Crippen molar-refractivity contribution in [2.75, 3.05) is 25.6 Å². The topological polar surface area (TPSA) is 69.7 Å². The van der Waals surface area contributed by atoms with Crippen molar-refractivity contribution in [3.05, 3.63) is 54.1 Å². The van der Waals surface area contributed by atoms with Crippen molar-refractivity contribution in [1.82, 2.24) is 4.98 Å². The first-order chi connectivity index (χ1) is 13.1. The summed E-state index contributed by atoms with van der Waals surface area (Å²) < 4.78 is 30.9. The number of rotatable bonds is 9. The predicted molar refractivity (Wildman–Crippen MR) is 110 cm³/mol. The standard InChI is InChI=1S/C19H23N2O4PS/c1-4-24-26(22,25-5-2)18(14-9-7-6-8-10-14)21-19-20-16-13-15(23-3)11-12-17(16)27-19/h6-13,18H,4-5H2,1-3H3,(H,20,21). The van der Waals surface area contributed by atoms with Crippen LogP contribution in [0.15, 0.2) is 48.5 Å². The van der Waals surface area contributed by atoms with Gasteiger partial charge in [-0.25, -0.2) is 4.98 Å². The van der Waals surface area contributed by atoms with Crippen LogP contribution in [0.4, 0.5) is 5.13 Å². The summed E-state index contributed by atoms with van der Waals surface area (Å²) in [6, 6.07) is 15.2. The van der Waals surface area contributed by atoms with E-state index >= 15 is 0 Å². The molecule has 6 nitrogen and oxygen atoms in total. The van der Waals surface area contributed by atoms with Crippen LogP contribution in [-0.2, 0) is 13.6 Å². The molecule has 1 unspecified atom stereocenters. The molecule has 8 heteroatoms. The minimum Gasteiger partial charge on any atom is -0.497 e. The van der Waals surface area contributed by atoms with Crippen molar-refractivity contribution in [2.24, 2.45) is 0 Å². The molecule has 0 fully saturated rings. The summed E-state index contributed by atoms with van der Waals surface area (Å²) in [5.41, 5.74) is 1.64. The summed E-state index contributed by atoms with van der Waals surface area (Å²) in [6.45, 7) is 4.19. The molecule has 0 spiro atoms. The van der Waals surface area contributed by atoms with E-state index in [1.807, 2.05) is 48.5 Å². The van der Waals surface area contributed by atoms with Gasteiger partial charge in [0.1, 0.15) is 5.75 Å². The largest absolute Gasteiger partial charge is 0.497 e. The van der Waals surface area contributed by atoms with Crippen LogP contribution in [0, 0.1) is 0 Å². The molecule has 0 bridgehead atoms. The van der Waals surface area contributed by atoms with E-state index in [4.69, 9.17) is 13.8 Å². The summed E-state index contributed by atoms with van der Waals surface area (Å²) in [5.74, 6) is 0.0920. The summed E-state index contributed by atoms with van der Waals surface area (Å²) in [7, 11) is -1.82. The monoisotopic (exact) mass is 406 g/mol. The Balaban J connectivity index is 1.99. The number of nitrogens with one attached hydrogen (secondary N) is 1. The fraction of sp³-hybridized carbons (Fsp3) is 0.316. The third-order valence-electron chi connectivity index (χ3n) is 3.90. The number of fused-ring (bicyclic) bond motifs is 1. The second-order valence-electron chi connectivity index (χ2n) is 5.69. The van der Waals surface area contributed by atoms with Gasteiger partial charge >= 0.3 is 7.60 Å². The van der Waals surface area contributed by atoms with E-state index in [0.29, 0.717) is 18.3 Å². The van der Waals surface area contributed by atoms with E-state index in [1.165, 1.54) is 11.3 Å². The van der Waals surface area contributed by atoms with Gasteiger partial charge < -0.3 is 19.1 Å². The maximum absolute atomic E-state index is 13.5. The van der Waals surface area contributed by atoms with Crippen LogP contribution in [0.25, 0.3) is 10.2 Å². The van der Waals surface area contributed by atoms with Crippen LogP contribution in [0.1, 0.15) is 25.2 Å². The lowest BCUT2D eigenvalue weighted by atomic mass is 10.2. The number of aromatic nitrogens is 1. The van der Waals surface area contributed by atoms with E-state index < -0.39 is 13.4 Å². The number of methoxy groups -OCH3 is 1. The maximum Gasteiger partial charge on any atom is 0.357 e. The maximum atomic E-state index is 13.5. The lowest BCUT2D eigenvalue weighted by molar-refractivity contribution is 0.214. The molecule has 3 aromatic rings. The summed E-state index contributed by atoms with van der Waals surface area (Å²) in [5, 5.41) is 3.93. The van der Waals surface area contributed by atoms with Crippen LogP contribution in [-0.4, -0.2) is 25.3 Å². The zero-order valence-corrected chi connectivity index (χ0v) is 17.3. The van der Waals surface area contributed by atoms with Crippen molar-refractivity contribution < 1.29 is 18.3 Å². The van der Waals surface area contributed by atoms with E-state index in [1.54, 1.807) is 21.0 Å². The number of hydrogen-bond acceptors (Lipinski definition) is 7. The Morgan fingerprint density at radius 3 is 2.44 bits per heavy atom. The summed E-state index contributed by atoms with van der Waals surface area (Å²) in [6.07, 6.45) is 0. The number of benzene rings is 2. The Morgan fingerprint density at radius 2 is 1.81 bits per heavy atom. The molecule has 0 aliphatic heterocycles. The second kappa shape index (κ2) is 8.85. The number of thiazole rings is 1. The molecule has 0 amide bonds. The minimum absolute atomic E-state index is 0.291. The Morgan fingerprint density at radius 1 is 1.11 bits per heavy atom. The van der Waals surface area contributed by atoms with Crippen LogP contribution in [0.3, 0.4) is 0 Å². The Kier molecular flexibility index (Phi) is 6.50. The predicted octanol–water partition coefficient (Wildman–Crippen LogP) is 5.68. The molecule has 1 heterocycles. The zero-order valence-electron chi connectivity index (χ0n) is 15.5. The molecule has 1 atom stereocenters. The molecule has 27 heavy (non-hydrogen) atoms. The van der Waals surface area contributed by atoms with Crippen LogP contribution < -0.4 is 10.1 Å². The highest BCUT2D eigenvalue weighted by atomic mass is 32.1. The quantitative estimate of drug-likeness (QED) is 0.461. The van der Waals surface area contributed by atoms with Crippen molar-refractivity contribution >= 4 is 34.3 Å². The average molecular weight is 406 g/mol. The number of anilines is 1. The zero-order chi connectivity index (χ0) is 19.3. The SMILES string of the molecule is CCOP(=O)(OCC)C(Nc1nc2cc(OC)ccc2s1)c1ccccc1. The van der Waals surface area contributed by atoms with Crippen LogP contribution >= 0.6 is 18.9 Å². The van der Waals surface area contributed by atoms with Gasteiger partial charge in [-0.2, -0.15) is 0 Å². The highest BCUT2D eigenvalue weighted by Gasteiger charge is 2.37. The molecule has 3 rings (SSSR count). The van der Waals surface area contributed by atoms with Crippen LogP contribution in [0.5, 0.6) is 5.75 Å². The van der Waals surface area contributed by atoms with Crippen molar-refractivity contribution in [1.29, 1.82) is 0 Å². The van der Waals surface area contributed by atoms with Gasteiger partial charge in [0.25, 0.3) is 0 Å². The van der Waals surface area contributed by atoms with Gasteiger partial charge in [-0.3, -0.25) is 4.57 Å². The molecule has 2 aromatic carbocycles. The second-order valence-corrected chi connectivity index (χ2v) is 8.83. The Hall–Kier alpha value is -1.92. The number of nitrogens with zero attached hydrogens (tertiary/aromatic N) is 1. The molecular weight excluding hydrogens is 383 g/mol. The lowest BCUT2D eigenvalue weighted by Gasteiger charge is -2.27. The highest BCUT2D eigenvalue weighted by Crippen LogP contribution is 2.61. The van der Waals surface area contributed by atoms with Gasteiger partial charge in [0.2, 0.25) is 0 Å². The average Bonchev–Trinajstić information content (AvgIpc) is 3.08. The first-order valence-corrected chi connectivity index (χ1v) is 11.2. The molecule has 144 valence electrons. The third kappa shape index (κ3) is 4.50. The van der Waals surface area contributed by atoms with E-state index in [-0.39, 0.29) is 0 Å². The van der Waals surface area contributed by atoms with Crippen molar-refractivity contribution in [3.8, 4) is 5.75 Å². The van der Waals surface area contributed by atoms with E-state index in [9.17, 15) is 4.57 Å². The molecule has 0 saturated carbocycles. The summed E-state index contributed by atoms with van der Waals surface area (Å²) >= 11 is 1.48. The van der Waals surface area contributed by atoms with Crippen molar-refractivity contribution in [2.45, 2.75) is 19.6 Å². The third-order valence-corrected chi connectivity index (χ3v) is 7.17. The fourth-order valence-electron chi connectivity index (χ4n) is 2.74.